The lowest BCUT2D eigenvalue weighted by molar-refractivity contribution is -0.127. The second-order valence-corrected chi connectivity index (χ2v) is 6.92. The van der Waals surface area contributed by atoms with Crippen molar-refractivity contribution in [3.05, 3.63) is 60.2 Å². The molecular weight excluding hydrogens is 312 g/mol. The van der Waals surface area contributed by atoms with Gasteiger partial charge in [-0.05, 0) is 49.9 Å². The predicted molar refractivity (Wildman–Crippen MR) is 99.8 cm³/mol. The zero-order valence-corrected chi connectivity index (χ0v) is 14.5. The fourth-order valence-electron chi connectivity index (χ4n) is 3.95. The average molecular weight is 336 g/mol. The highest BCUT2D eigenvalue weighted by Crippen LogP contribution is 2.39. The number of para-hydroxylation sites is 2. The van der Waals surface area contributed by atoms with Gasteiger partial charge in [-0.15, -0.1) is 0 Å². The molecule has 0 bridgehead atoms. The molecule has 0 unspecified atom stereocenters. The summed E-state index contributed by atoms with van der Waals surface area (Å²) in [6, 6.07) is 18.8. The molecule has 2 aromatic rings. The van der Waals surface area contributed by atoms with Gasteiger partial charge in [0.2, 0.25) is 0 Å². The van der Waals surface area contributed by atoms with Crippen LogP contribution in [0.3, 0.4) is 0 Å². The number of fused-ring (bicyclic) bond motifs is 1. The SMILES string of the molecule is C[C@H]1C[C@@H](Nc2ccccc2)c2ccccc2N1C(=O)[C@@H]1CCCO1. The Morgan fingerprint density at radius 3 is 2.64 bits per heavy atom. The molecule has 4 heteroatoms. The molecule has 0 spiro atoms. The van der Waals surface area contributed by atoms with Crippen LogP contribution < -0.4 is 10.2 Å². The Morgan fingerprint density at radius 2 is 1.88 bits per heavy atom. The maximum atomic E-state index is 13.0. The molecular formula is C21H24N2O2. The van der Waals surface area contributed by atoms with Gasteiger partial charge in [0.25, 0.3) is 5.91 Å². The van der Waals surface area contributed by atoms with Crippen LogP contribution in [0, 0.1) is 0 Å². The highest BCUT2D eigenvalue weighted by atomic mass is 16.5. The molecule has 0 saturated carbocycles. The van der Waals surface area contributed by atoms with Gasteiger partial charge in [-0.3, -0.25) is 4.79 Å². The molecule has 4 rings (SSSR count). The number of anilines is 2. The third-order valence-electron chi connectivity index (χ3n) is 5.15. The largest absolute Gasteiger partial charge is 0.378 e. The minimum absolute atomic E-state index is 0.107. The second kappa shape index (κ2) is 6.89. The number of rotatable bonds is 3. The average Bonchev–Trinajstić information content (AvgIpc) is 3.17. The van der Waals surface area contributed by atoms with Crippen LogP contribution in [0.1, 0.15) is 37.8 Å². The van der Waals surface area contributed by atoms with Crippen LogP contribution in [-0.2, 0) is 9.53 Å². The zero-order chi connectivity index (χ0) is 17.2. The Morgan fingerprint density at radius 1 is 1.12 bits per heavy atom. The lowest BCUT2D eigenvalue weighted by atomic mass is 9.91. The van der Waals surface area contributed by atoms with Crippen LogP contribution in [0.2, 0.25) is 0 Å². The monoisotopic (exact) mass is 336 g/mol. The Kier molecular flexibility index (Phi) is 4.45. The summed E-state index contributed by atoms with van der Waals surface area (Å²) in [4.78, 5) is 15.0. The summed E-state index contributed by atoms with van der Waals surface area (Å²) in [6.07, 6.45) is 2.40. The Labute approximate surface area is 148 Å². The third kappa shape index (κ3) is 3.14. The normalized spacial score (nSPS) is 25.5. The van der Waals surface area contributed by atoms with Crippen LogP contribution in [0.4, 0.5) is 11.4 Å². The van der Waals surface area contributed by atoms with Crippen molar-refractivity contribution < 1.29 is 9.53 Å². The summed E-state index contributed by atoms with van der Waals surface area (Å²) in [5.41, 5.74) is 3.29. The fraction of sp³-hybridized carbons (Fsp3) is 0.381. The van der Waals surface area contributed by atoms with Crippen molar-refractivity contribution in [2.24, 2.45) is 0 Å². The fourth-order valence-corrected chi connectivity index (χ4v) is 3.95. The van der Waals surface area contributed by atoms with Crippen molar-refractivity contribution in [1.29, 1.82) is 0 Å². The number of ether oxygens (including phenoxy) is 1. The van der Waals surface area contributed by atoms with Gasteiger partial charge >= 0.3 is 0 Å². The van der Waals surface area contributed by atoms with Crippen LogP contribution >= 0.6 is 0 Å². The molecule has 1 saturated heterocycles. The highest BCUT2D eigenvalue weighted by Gasteiger charge is 2.37. The molecule has 0 aromatic heterocycles. The Hall–Kier alpha value is -2.33. The molecule has 1 fully saturated rings. The van der Waals surface area contributed by atoms with Gasteiger partial charge in [-0.1, -0.05) is 36.4 Å². The van der Waals surface area contributed by atoms with Crippen molar-refractivity contribution in [3.8, 4) is 0 Å². The first-order valence-electron chi connectivity index (χ1n) is 9.09. The van der Waals surface area contributed by atoms with Crippen molar-refractivity contribution in [3.63, 3.8) is 0 Å². The van der Waals surface area contributed by atoms with E-state index in [1.54, 1.807) is 0 Å². The lowest BCUT2D eigenvalue weighted by Crippen LogP contribution is -2.48. The molecule has 0 radical (unpaired) electrons. The van der Waals surface area contributed by atoms with Crippen molar-refractivity contribution >= 4 is 17.3 Å². The molecule has 3 atom stereocenters. The molecule has 2 aliphatic heterocycles. The first-order chi connectivity index (χ1) is 12.2. The number of carbonyl (C=O) groups excluding carboxylic acids is 1. The lowest BCUT2D eigenvalue weighted by Gasteiger charge is -2.40. The molecule has 2 heterocycles. The van der Waals surface area contributed by atoms with E-state index in [2.05, 4.69) is 36.5 Å². The van der Waals surface area contributed by atoms with Gasteiger partial charge in [-0.2, -0.15) is 0 Å². The number of nitrogens with zero attached hydrogens (tertiary/aromatic N) is 1. The maximum Gasteiger partial charge on any atom is 0.256 e. The van der Waals surface area contributed by atoms with E-state index in [1.165, 1.54) is 5.56 Å². The smallest absolute Gasteiger partial charge is 0.256 e. The molecule has 4 nitrogen and oxygen atoms in total. The number of hydrogen-bond acceptors (Lipinski definition) is 3. The first kappa shape index (κ1) is 16.2. The Bertz CT molecular complexity index is 741. The second-order valence-electron chi connectivity index (χ2n) is 6.92. The van der Waals surface area contributed by atoms with E-state index in [0.717, 1.165) is 30.6 Å². The van der Waals surface area contributed by atoms with E-state index in [-0.39, 0.29) is 24.1 Å². The van der Waals surface area contributed by atoms with Crippen LogP contribution in [0.25, 0.3) is 0 Å². The van der Waals surface area contributed by atoms with E-state index in [4.69, 9.17) is 4.74 Å². The molecule has 2 aromatic carbocycles. The number of carbonyl (C=O) groups is 1. The summed E-state index contributed by atoms with van der Waals surface area (Å²) in [5.74, 6) is 0.107. The topological polar surface area (TPSA) is 41.6 Å². The number of nitrogens with one attached hydrogen (secondary N) is 1. The van der Waals surface area contributed by atoms with Crippen LogP contribution in [0.5, 0.6) is 0 Å². The maximum absolute atomic E-state index is 13.0. The van der Waals surface area contributed by atoms with E-state index in [1.807, 2.05) is 35.2 Å². The van der Waals surface area contributed by atoms with Crippen molar-refractivity contribution in [1.82, 2.24) is 0 Å². The Balaban J connectivity index is 1.64. The predicted octanol–water partition coefficient (Wildman–Crippen LogP) is 4.14. The molecule has 25 heavy (non-hydrogen) atoms. The van der Waals surface area contributed by atoms with E-state index in [0.29, 0.717) is 6.61 Å². The number of benzene rings is 2. The molecule has 130 valence electrons. The highest BCUT2D eigenvalue weighted by molar-refractivity contribution is 5.98. The molecule has 1 amide bonds. The standard InChI is InChI=1S/C21H24N2O2/c1-15-14-18(22-16-8-3-2-4-9-16)17-10-5-6-11-19(17)23(15)21(24)20-12-7-13-25-20/h2-6,8-11,15,18,20,22H,7,12-14H2,1H3/t15-,18+,20-/m0/s1. The van der Waals surface area contributed by atoms with Gasteiger partial charge < -0.3 is 15.0 Å². The zero-order valence-electron chi connectivity index (χ0n) is 14.5. The van der Waals surface area contributed by atoms with E-state index in [9.17, 15) is 4.79 Å². The van der Waals surface area contributed by atoms with Crippen LogP contribution in [0.15, 0.2) is 54.6 Å². The first-order valence-corrected chi connectivity index (χ1v) is 9.09. The van der Waals surface area contributed by atoms with Crippen molar-refractivity contribution in [2.75, 3.05) is 16.8 Å². The van der Waals surface area contributed by atoms with Crippen molar-refractivity contribution in [2.45, 2.75) is 44.4 Å². The van der Waals surface area contributed by atoms with Gasteiger partial charge in [0.05, 0.1) is 6.04 Å². The minimum atomic E-state index is -0.283. The van der Waals surface area contributed by atoms with E-state index >= 15 is 0 Å². The summed E-state index contributed by atoms with van der Waals surface area (Å²) in [7, 11) is 0. The minimum Gasteiger partial charge on any atom is -0.378 e. The number of amides is 1. The number of hydrogen-bond donors (Lipinski definition) is 1. The summed E-state index contributed by atoms with van der Waals surface area (Å²) >= 11 is 0. The molecule has 0 aliphatic carbocycles. The van der Waals surface area contributed by atoms with Gasteiger partial charge in [0.1, 0.15) is 6.10 Å². The third-order valence-corrected chi connectivity index (χ3v) is 5.15. The summed E-state index contributed by atoms with van der Waals surface area (Å²) < 4.78 is 5.65. The van der Waals surface area contributed by atoms with Crippen LogP contribution in [-0.4, -0.2) is 24.7 Å². The summed E-state index contributed by atoms with van der Waals surface area (Å²) in [5, 5.41) is 3.63. The summed E-state index contributed by atoms with van der Waals surface area (Å²) in [6.45, 7) is 2.82. The van der Waals surface area contributed by atoms with Gasteiger partial charge in [0, 0.05) is 24.0 Å². The van der Waals surface area contributed by atoms with Gasteiger partial charge in [-0.25, -0.2) is 0 Å². The van der Waals surface area contributed by atoms with E-state index < -0.39 is 0 Å². The van der Waals surface area contributed by atoms with Gasteiger partial charge in [0.15, 0.2) is 0 Å². The quantitative estimate of drug-likeness (QED) is 0.916. The molecule has 2 aliphatic rings. The molecule has 1 N–H and O–H groups in total.